The SMILES string of the molecule is CCOC(=O)c1cc2ccc1OCCOCCOCCOCCOc1ccc(cc1C(=O)OCC)C1CCC21. The first-order valence-electron chi connectivity index (χ1n) is 13.7. The minimum absolute atomic E-state index is 0.187. The lowest BCUT2D eigenvalue weighted by Gasteiger charge is -2.38. The Labute approximate surface area is 229 Å². The van der Waals surface area contributed by atoms with Gasteiger partial charge < -0.3 is 33.2 Å². The molecule has 4 bridgehead atoms. The van der Waals surface area contributed by atoms with E-state index in [1.165, 1.54) is 0 Å². The van der Waals surface area contributed by atoms with E-state index in [0.29, 0.717) is 75.5 Å². The fourth-order valence-corrected chi connectivity index (χ4v) is 4.81. The van der Waals surface area contributed by atoms with E-state index in [4.69, 9.17) is 33.2 Å². The molecule has 9 nitrogen and oxygen atoms in total. The molecule has 0 saturated heterocycles. The summed E-state index contributed by atoms with van der Waals surface area (Å²) in [5, 5.41) is 0. The highest BCUT2D eigenvalue weighted by atomic mass is 16.6. The first-order valence-corrected chi connectivity index (χ1v) is 13.7. The van der Waals surface area contributed by atoms with Crippen LogP contribution in [0.5, 0.6) is 11.5 Å². The molecule has 2 atom stereocenters. The second-order valence-electron chi connectivity index (χ2n) is 9.28. The predicted octanol–water partition coefficient (Wildman–Crippen LogP) is 4.52. The number of benzene rings is 2. The molecule has 1 aliphatic carbocycles. The Balaban J connectivity index is 1.61. The number of fused-ring (bicyclic) bond motifs is 2. The van der Waals surface area contributed by atoms with Crippen LogP contribution < -0.4 is 9.47 Å². The predicted molar refractivity (Wildman–Crippen MR) is 143 cm³/mol. The molecule has 212 valence electrons. The molecule has 0 radical (unpaired) electrons. The molecular weight excluding hydrogens is 504 g/mol. The maximum Gasteiger partial charge on any atom is 0.341 e. The highest BCUT2D eigenvalue weighted by Crippen LogP contribution is 2.50. The third-order valence-electron chi connectivity index (χ3n) is 6.84. The van der Waals surface area contributed by atoms with Gasteiger partial charge in [0.05, 0.1) is 52.9 Å². The Morgan fingerprint density at radius 2 is 1.03 bits per heavy atom. The first kappa shape index (κ1) is 28.9. The van der Waals surface area contributed by atoms with Crippen molar-refractivity contribution < 1.29 is 42.7 Å². The molecule has 1 fully saturated rings. The number of ether oxygens (including phenoxy) is 7. The molecule has 9 heteroatoms. The van der Waals surface area contributed by atoms with Crippen molar-refractivity contribution in [3.8, 4) is 11.5 Å². The lowest BCUT2D eigenvalue weighted by molar-refractivity contribution is 0.00481. The van der Waals surface area contributed by atoms with Crippen LogP contribution in [0.1, 0.15) is 70.4 Å². The van der Waals surface area contributed by atoms with E-state index < -0.39 is 11.9 Å². The molecule has 0 spiro atoms. The number of carbonyl (C=O) groups is 2. The van der Waals surface area contributed by atoms with Crippen LogP contribution in [0.3, 0.4) is 0 Å². The van der Waals surface area contributed by atoms with Crippen LogP contribution in [0.2, 0.25) is 0 Å². The van der Waals surface area contributed by atoms with Crippen LogP contribution in [0.15, 0.2) is 36.4 Å². The molecule has 4 aliphatic rings. The zero-order chi connectivity index (χ0) is 27.5. The molecular formula is C30H38O9. The molecule has 6 rings (SSSR count). The maximum absolute atomic E-state index is 12.8. The van der Waals surface area contributed by atoms with Gasteiger partial charge in [-0.1, -0.05) is 12.1 Å². The van der Waals surface area contributed by atoms with Crippen LogP contribution in [0.4, 0.5) is 0 Å². The van der Waals surface area contributed by atoms with Crippen LogP contribution in [0.25, 0.3) is 0 Å². The summed E-state index contributed by atoms with van der Waals surface area (Å²) in [7, 11) is 0. The molecule has 2 unspecified atom stereocenters. The third kappa shape index (κ3) is 7.71. The van der Waals surface area contributed by atoms with E-state index in [-0.39, 0.29) is 25.0 Å². The standard InChI is InChI=1S/C30H38O9/c1-3-36-29(31)25-19-21-5-9-27(25)38-17-15-34-13-11-33-12-14-35-16-18-39-28-10-6-22(24-8-7-23(21)24)20-26(28)30(32)37-4-2/h5-6,9-10,19-20,23-24H,3-4,7-8,11-18H2,1-2H3. The van der Waals surface area contributed by atoms with Gasteiger partial charge in [-0.15, -0.1) is 0 Å². The van der Waals surface area contributed by atoms with Gasteiger partial charge in [-0.05, 0) is 73.9 Å². The summed E-state index contributed by atoms with van der Waals surface area (Å²) in [6, 6.07) is 11.4. The van der Waals surface area contributed by atoms with Crippen molar-refractivity contribution in [3.05, 3.63) is 58.7 Å². The average molecular weight is 543 g/mol. The quantitative estimate of drug-likeness (QED) is 0.516. The molecule has 2 aromatic carbocycles. The van der Waals surface area contributed by atoms with Crippen molar-refractivity contribution in [1.82, 2.24) is 0 Å². The second-order valence-corrected chi connectivity index (χ2v) is 9.28. The smallest absolute Gasteiger partial charge is 0.341 e. The van der Waals surface area contributed by atoms with Gasteiger partial charge in [-0.3, -0.25) is 0 Å². The Morgan fingerprint density at radius 3 is 1.38 bits per heavy atom. The zero-order valence-corrected chi connectivity index (χ0v) is 22.8. The molecule has 3 heterocycles. The van der Waals surface area contributed by atoms with Crippen molar-refractivity contribution in [3.63, 3.8) is 0 Å². The lowest BCUT2D eigenvalue weighted by Crippen LogP contribution is -2.23. The molecule has 0 aromatic heterocycles. The maximum atomic E-state index is 12.8. The fourth-order valence-electron chi connectivity index (χ4n) is 4.81. The van der Waals surface area contributed by atoms with E-state index in [0.717, 1.165) is 24.0 Å². The summed E-state index contributed by atoms with van der Waals surface area (Å²) in [5.74, 6) is 0.473. The minimum Gasteiger partial charge on any atom is -0.490 e. The fraction of sp³-hybridized carbons (Fsp3) is 0.533. The summed E-state index contributed by atoms with van der Waals surface area (Å²) >= 11 is 0. The van der Waals surface area contributed by atoms with Gasteiger partial charge in [0, 0.05) is 0 Å². The van der Waals surface area contributed by atoms with Crippen molar-refractivity contribution in [2.24, 2.45) is 0 Å². The van der Waals surface area contributed by atoms with Gasteiger partial charge in [0.15, 0.2) is 0 Å². The third-order valence-corrected chi connectivity index (χ3v) is 6.84. The van der Waals surface area contributed by atoms with Gasteiger partial charge in [-0.2, -0.15) is 0 Å². The molecule has 2 aromatic rings. The Bertz CT molecular complexity index is 1010. The van der Waals surface area contributed by atoms with Gasteiger partial charge >= 0.3 is 11.9 Å². The van der Waals surface area contributed by atoms with Gasteiger partial charge in [-0.25, -0.2) is 9.59 Å². The Kier molecular flexibility index (Phi) is 11.0. The Hall–Kier alpha value is -3.14. The number of esters is 2. The minimum atomic E-state index is -0.418. The number of hydrogen-bond acceptors (Lipinski definition) is 9. The highest BCUT2D eigenvalue weighted by Gasteiger charge is 2.35. The van der Waals surface area contributed by atoms with Gasteiger partial charge in [0.2, 0.25) is 0 Å². The van der Waals surface area contributed by atoms with Crippen molar-refractivity contribution >= 4 is 11.9 Å². The summed E-state index contributed by atoms with van der Waals surface area (Å²) in [6.45, 7) is 7.13. The average Bonchev–Trinajstić information content (AvgIpc) is 2.91. The number of rotatable bonds is 4. The van der Waals surface area contributed by atoms with E-state index in [1.54, 1.807) is 13.8 Å². The van der Waals surface area contributed by atoms with E-state index in [9.17, 15) is 9.59 Å². The largest absolute Gasteiger partial charge is 0.490 e. The summed E-state index contributed by atoms with van der Waals surface area (Å²) in [4.78, 5) is 25.6. The summed E-state index contributed by atoms with van der Waals surface area (Å²) in [6.07, 6.45) is 1.93. The van der Waals surface area contributed by atoms with Crippen LogP contribution >= 0.6 is 0 Å². The van der Waals surface area contributed by atoms with Crippen LogP contribution in [0, 0.1) is 0 Å². The zero-order valence-electron chi connectivity index (χ0n) is 22.8. The van der Waals surface area contributed by atoms with Crippen LogP contribution in [-0.4, -0.2) is 78.0 Å². The van der Waals surface area contributed by atoms with Gasteiger partial charge in [0.25, 0.3) is 0 Å². The molecule has 0 amide bonds. The summed E-state index contributed by atoms with van der Waals surface area (Å²) < 4.78 is 39.1. The molecule has 39 heavy (non-hydrogen) atoms. The highest BCUT2D eigenvalue weighted by molar-refractivity contribution is 5.93. The monoisotopic (exact) mass is 542 g/mol. The number of carbonyl (C=O) groups excluding carboxylic acids is 2. The Morgan fingerprint density at radius 1 is 0.641 bits per heavy atom. The molecule has 1 saturated carbocycles. The summed E-state index contributed by atoms with van der Waals surface area (Å²) in [5.41, 5.74) is 2.86. The lowest BCUT2D eigenvalue weighted by atomic mass is 9.66. The normalized spacial score (nSPS) is 20.6. The first-order chi connectivity index (χ1) is 19.1. The molecule has 3 aliphatic heterocycles. The number of hydrogen-bond donors (Lipinski definition) is 0. The van der Waals surface area contributed by atoms with E-state index in [1.807, 2.05) is 36.4 Å². The van der Waals surface area contributed by atoms with Crippen LogP contribution in [-0.2, 0) is 23.7 Å². The second kappa shape index (κ2) is 14.9. The van der Waals surface area contributed by atoms with Gasteiger partial charge in [0.1, 0.15) is 35.8 Å². The van der Waals surface area contributed by atoms with Crippen molar-refractivity contribution in [2.45, 2.75) is 38.5 Å². The van der Waals surface area contributed by atoms with E-state index >= 15 is 0 Å². The van der Waals surface area contributed by atoms with E-state index in [2.05, 4.69) is 0 Å². The van der Waals surface area contributed by atoms with Crippen molar-refractivity contribution in [1.29, 1.82) is 0 Å². The topological polar surface area (TPSA) is 98.8 Å². The molecule has 0 N–H and O–H groups in total. The van der Waals surface area contributed by atoms with Crippen molar-refractivity contribution in [2.75, 3.05) is 66.1 Å².